The lowest BCUT2D eigenvalue weighted by molar-refractivity contribution is -0.127. The predicted octanol–water partition coefficient (Wildman–Crippen LogP) is 0.948. The van der Waals surface area contributed by atoms with E-state index in [1.54, 1.807) is 12.1 Å². The van der Waals surface area contributed by atoms with E-state index in [0.29, 0.717) is 17.2 Å². The summed E-state index contributed by atoms with van der Waals surface area (Å²) in [5, 5.41) is 0. The molecule has 6 nitrogen and oxygen atoms in total. The van der Waals surface area contributed by atoms with Crippen LogP contribution in [0, 0.1) is 0 Å². The number of fused-ring (bicyclic) bond motifs is 1. The van der Waals surface area contributed by atoms with Crippen molar-refractivity contribution >= 4 is 23.5 Å². The first-order valence-corrected chi connectivity index (χ1v) is 6.57. The highest BCUT2D eigenvalue weighted by atomic mass is 16.2. The number of hydrogen-bond acceptors (Lipinski definition) is 3. The highest BCUT2D eigenvalue weighted by molar-refractivity contribution is 6.26. The van der Waals surface area contributed by atoms with Crippen molar-refractivity contribution < 1.29 is 14.4 Å². The molecule has 20 heavy (non-hydrogen) atoms. The van der Waals surface area contributed by atoms with Crippen molar-refractivity contribution in [3.63, 3.8) is 0 Å². The number of hydrogen-bond donors (Lipinski definition) is 2. The molecule has 4 amide bonds. The average Bonchev–Trinajstić information content (AvgIpc) is 2.58. The van der Waals surface area contributed by atoms with Crippen molar-refractivity contribution in [3.8, 4) is 0 Å². The molecular formula is C14H15N3O3. The Morgan fingerprint density at radius 2 is 1.90 bits per heavy atom. The second-order valence-corrected chi connectivity index (χ2v) is 5.29. The minimum atomic E-state index is -1.12. The minimum Gasteiger partial charge on any atom is -0.369 e. The smallest absolute Gasteiger partial charge is 0.326 e. The van der Waals surface area contributed by atoms with E-state index in [1.165, 1.54) is 6.42 Å². The van der Waals surface area contributed by atoms with Crippen LogP contribution in [0.4, 0.5) is 10.5 Å². The molecule has 0 bridgehead atoms. The Kier molecular flexibility index (Phi) is 2.74. The molecule has 4 N–H and O–H groups in total. The average molecular weight is 273 g/mol. The number of carbonyl (C=O) groups is 3. The van der Waals surface area contributed by atoms with Crippen LogP contribution in [0.3, 0.4) is 0 Å². The van der Waals surface area contributed by atoms with Crippen LogP contribution in [-0.2, 0) is 9.59 Å². The largest absolute Gasteiger partial charge is 0.369 e. The maximum atomic E-state index is 12.1. The molecule has 6 heteroatoms. The van der Waals surface area contributed by atoms with Gasteiger partial charge in [0.1, 0.15) is 5.92 Å². The van der Waals surface area contributed by atoms with Gasteiger partial charge in [-0.25, -0.2) is 9.69 Å². The molecule has 1 saturated carbocycles. The van der Waals surface area contributed by atoms with E-state index in [1.807, 2.05) is 6.07 Å². The van der Waals surface area contributed by atoms with Crippen LogP contribution < -0.4 is 16.4 Å². The third-order valence-electron chi connectivity index (χ3n) is 4.16. The number of primary amides is 2. The number of anilines is 1. The van der Waals surface area contributed by atoms with Gasteiger partial charge in [-0.2, -0.15) is 0 Å². The first-order valence-electron chi connectivity index (χ1n) is 6.57. The zero-order valence-electron chi connectivity index (χ0n) is 10.8. The Bertz CT molecular complexity index is 622. The van der Waals surface area contributed by atoms with E-state index in [4.69, 9.17) is 11.5 Å². The van der Waals surface area contributed by atoms with Crippen LogP contribution in [0.15, 0.2) is 18.2 Å². The lowest BCUT2D eigenvalue weighted by Crippen LogP contribution is -2.41. The second-order valence-electron chi connectivity index (χ2n) is 5.29. The quantitative estimate of drug-likeness (QED) is 0.783. The van der Waals surface area contributed by atoms with Gasteiger partial charge in [0.2, 0.25) is 5.91 Å². The van der Waals surface area contributed by atoms with Crippen molar-refractivity contribution in [2.45, 2.75) is 31.1 Å². The monoisotopic (exact) mass is 273 g/mol. The molecule has 2 aliphatic rings. The molecule has 0 spiro atoms. The molecule has 1 atom stereocenters. The van der Waals surface area contributed by atoms with Gasteiger partial charge in [0.25, 0.3) is 5.91 Å². The Labute approximate surface area is 115 Å². The normalized spacial score (nSPS) is 21.5. The lowest BCUT2D eigenvalue weighted by atomic mass is 9.79. The fourth-order valence-electron chi connectivity index (χ4n) is 2.88. The Morgan fingerprint density at radius 1 is 1.20 bits per heavy atom. The number of rotatable bonds is 2. The molecule has 1 aliphatic heterocycles. The van der Waals surface area contributed by atoms with Crippen LogP contribution in [0.5, 0.6) is 0 Å². The van der Waals surface area contributed by atoms with Gasteiger partial charge in [0.05, 0.1) is 5.69 Å². The molecule has 0 radical (unpaired) electrons. The van der Waals surface area contributed by atoms with Crippen molar-refractivity contribution in [2.24, 2.45) is 11.5 Å². The SMILES string of the molecule is NC(=O)C1C(=O)N(C(N)=O)c2cc(C3CCC3)ccc21. The molecule has 0 aromatic heterocycles. The molecule has 104 valence electrons. The Hall–Kier alpha value is -2.37. The summed E-state index contributed by atoms with van der Waals surface area (Å²) in [7, 11) is 0. The summed E-state index contributed by atoms with van der Waals surface area (Å²) in [5.74, 6) is -2.09. The Morgan fingerprint density at radius 3 is 2.40 bits per heavy atom. The fraction of sp³-hybridized carbons (Fsp3) is 0.357. The van der Waals surface area contributed by atoms with E-state index in [0.717, 1.165) is 23.3 Å². The molecule has 0 saturated heterocycles. The fourth-order valence-corrected chi connectivity index (χ4v) is 2.88. The van der Waals surface area contributed by atoms with Crippen molar-refractivity contribution in [2.75, 3.05) is 4.90 Å². The van der Waals surface area contributed by atoms with Gasteiger partial charge < -0.3 is 11.5 Å². The van der Waals surface area contributed by atoms with Crippen LogP contribution in [0.1, 0.15) is 42.2 Å². The minimum absolute atomic E-state index is 0.399. The summed E-state index contributed by atoms with van der Waals surface area (Å²) in [5.41, 5.74) is 12.4. The van der Waals surface area contributed by atoms with Gasteiger partial charge in [0.15, 0.2) is 0 Å². The number of nitrogens with two attached hydrogens (primary N) is 2. The van der Waals surface area contributed by atoms with E-state index in [2.05, 4.69) is 0 Å². The Balaban J connectivity index is 2.10. The van der Waals surface area contributed by atoms with Crippen molar-refractivity contribution in [3.05, 3.63) is 29.3 Å². The number of benzene rings is 1. The van der Waals surface area contributed by atoms with Crippen LogP contribution in [0.2, 0.25) is 0 Å². The molecule has 1 heterocycles. The molecular weight excluding hydrogens is 258 g/mol. The van der Waals surface area contributed by atoms with E-state index < -0.39 is 23.8 Å². The van der Waals surface area contributed by atoms with Gasteiger partial charge in [-0.3, -0.25) is 9.59 Å². The van der Waals surface area contributed by atoms with Gasteiger partial charge in [-0.15, -0.1) is 0 Å². The maximum absolute atomic E-state index is 12.1. The summed E-state index contributed by atoms with van der Waals surface area (Å²) in [6.07, 6.45) is 3.38. The van der Waals surface area contributed by atoms with Crippen LogP contribution >= 0.6 is 0 Å². The standard InChI is InChI=1S/C14H15N3O3/c15-12(18)11-9-5-4-8(7-2-1-3-7)6-10(9)17(13(11)19)14(16)20/h4-7,11H,1-3H2,(H2,15,18)(H2,16,20). The summed E-state index contributed by atoms with van der Waals surface area (Å²) in [6.45, 7) is 0. The van der Waals surface area contributed by atoms with Gasteiger partial charge >= 0.3 is 6.03 Å². The molecule has 3 rings (SSSR count). The van der Waals surface area contributed by atoms with Gasteiger partial charge in [-0.05, 0) is 36.0 Å². The second kappa shape index (κ2) is 4.33. The van der Waals surface area contributed by atoms with Crippen LogP contribution in [0.25, 0.3) is 0 Å². The third-order valence-corrected chi connectivity index (χ3v) is 4.16. The molecule has 1 aliphatic carbocycles. The van der Waals surface area contributed by atoms with E-state index >= 15 is 0 Å². The van der Waals surface area contributed by atoms with Gasteiger partial charge in [0, 0.05) is 0 Å². The summed E-state index contributed by atoms with van der Waals surface area (Å²) >= 11 is 0. The van der Waals surface area contributed by atoms with Gasteiger partial charge in [-0.1, -0.05) is 18.6 Å². The first-order chi connectivity index (χ1) is 9.50. The van der Waals surface area contributed by atoms with Crippen molar-refractivity contribution in [1.82, 2.24) is 0 Å². The summed E-state index contributed by atoms with van der Waals surface area (Å²) < 4.78 is 0. The summed E-state index contributed by atoms with van der Waals surface area (Å²) in [4.78, 5) is 35.9. The zero-order chi connectivity index (χ0) is 14.4. The maximum Gasteiger partial charge on any atom is 0.326 e. The highest BCUT2D eigenvalue weighted by Crippen LogP contribution is 2.42. The molecule has 1 aromatic rings. The topological polar surface area (TPSA) is 106 Å². The number of imide groups is 1. The molecule has 1 aromatic carbocycles. The molecule has 1 fully saturated rings. The predicted molar refractivity (Wildman–Crippen MR) is 72.0 cm³/mol. The summed E-state index contributed by atoms with van der Waals surface area (Å²) in [6, 6.07) is 4.51. The highest BCUT2D eigenvalue weighted by Gasteiger charge is 2.43. The number of nitrogens with zero attached hydrogens (tertiary/aromatic N) is 1. The van der Waals surface area contributed by atoms with E-state index in [-0.39, 0.29) is 0 Å². The number of carbonyl (C=O) groups excluding carboxylic acids is 3. The lowest BCUT2D eigenvalue weighted by Gasteiger charge is -2.26. The van der Waals surface area contributed by atoms with Crippen molar-refractivity contribution in [1.29, 1.82) is 0 Å². The zero-order valence-corrected chi connectivity index (χ0v) is 10.8. The first kappa shape index (κ1) is 12.7. The third kappa shape index (κ3) is 1.68. The molecule has 1 unspecified atom stereocenters. The number of amides is 4. The van der Waals surface area contributed by atoms with Crippen LogP contribution in [-0.4, -0.2) is 17.8 Å². The van der Waals surface area contributed by atoms with E-state index in [9.17, 15) is 14.4 Å². The number of urea groups is 1.